The number of pyridine rings is 1. The molecule has 0 saturated heterocycles. The molecule has 0 fully saturated rings. The molecule has 166 valence electrons. The predicted octanol–water partition coefficient (Wildman–Crippen LogP) is 4.51. The molecule has 0 amide bonds. The number of thiophene rings is 1. The van der Waals surface area contributed by atoms with Crippen LogP contribution in [0.4, 0.5) is 0 Å². The van der Waals surface area contributed by atoms with Crippen LogP contribution in [-0.4, -0.2) is 46.1 Å². The highest BCUT2D eigenvalue weighted by Crippen LogP contribution is 2.17. The van der Waals surface area contributed by atoms with Crippen LogP contribution < -0.4 is 10.9 Å². The Labute approximate surface area is 194 Å². The van der Waals surface area contributed by atoms with Crippen molar-refractivity contribution in [3.63, 3.8) is 0 Å². The van der Waals surface area contributed by atoms with E-state index in [4.69, 9.17) is 12.2 Å². The van der Waals surface area contributed by atoms with Crippen molar-refractivity contribution in [3.8, 4) is 0 Å². The molecule has 1 aromatic carbocycles. The van der Waals surface area contributed by atoms with Crippen LogP contribution in [0.5, 0.6) is 0 Å². The lowest BCUT2D eigenvalue weighted by molar-refractivity contribution is 0.299. The highest BCUT2D eigenvalue weighted by atomic mass is 32.1. The van der Waals surface area contributed by atoms with E-state index >= 15 is 0 Å². The third-order valence-corrected chi connectivity index (χ3v) is 6.74. The van der Waals surface area contributed by atoms with Crippen molar-refractivity contribution in [2.75, 3.05) is 26.2 Å². The molecule has 0 saturated carbocycles. The van der Waals surface area contributed by atoms with Gasteiger partial charge in [-0.05, 0) is 79.7 Å². The van der Waals surface area contributed by atoms with Crippen LogP contribution in [-0.2, 0) is 13.1 Å². The van der Waals surface area contributed by atoms with E-state index in [1.165, 1.54) is 4.88 Å². The maximum atomic E-state index is 12.8. The van der Waals surface area contributed by atoms with Crippen molar-refractivity contribution in [1.82, 2.24) is 20.1 Å². The average Bonchev–Trinajstić information content (AvgIpc) is 3.27. The molecule has 0 aliphatic rings. The van der Waals surface area contributed by atoms with Crippen LogP contribution in [0.25, 0.3) is 10.9 Å². The Hall–Kier alpha value is -2.22. The molecular formula is C24H32N4OS2. The van der Waals surface area contributed by atoms with E-state index in [2.05, 4.69) is 57.5 Å². The van der Waals surface area contributed by atoms with Crippen LogP contribution >= 0.6 is 23.6 Å². The fourth-order valence-electron chi connectivity index (χ4n) is 3.62. The molecule has 7 heteroatoms. The van der Waals surface area contributed by atoms with Gasteiger partial charge in [0.1, 0.15) is 0 Å². The van der Waals surface area contributed by atoms with Gasteiger partial charge in [-0.3, -0.25) is 4.79 Å². The summed E-state index contributed by atoms with van der Waals surface area (Å²) < 4.78 is 0. The van der Waals surface area contributed by atoms with Gasteiger partial charge in [0.2, 0.25) is 0 Å². The van der Waals surface area contributed by atoms with Crippen LogP contribution in [0.1, 0.15) is 36.3 Å². The van der Waals surface area contributed by atoms with Gasteiger partial charge in [-0.15, -0.1) is 11.3 Å². The smallest absolute Gasteiger partial charge is 0.253 e. The Bertz CT molecular complexity index is 1040. The average molecular weight is 457 g/mol. The number of aromatic nitrogens is 1. The van der Waals surface area contributed by atoms with E-state index in [1.54, 1.807) is 11.3 Å². The first-order chi connectivity index (χ1) is 15.0. The highest BCUT2D eigenvalue weighted by molar-refractivity contribution is 7.80. The molecule has 0 spiro atoms. The topological polar surface area (TPSA) is 51.4 Å². The largest absolute Gasteiger partial charge is 0.363 e. The number of hydrogen-bond acceptors (Lipinski definition) is 4. The zero-order valence-electron chi connectivity index (χ0n) is 18.6. The van der Waals surface area contributed by atoms with E-state index in [0.29, 0.717) is 18.2 Å². The van der Waals surface area contributed by atoms with Crippen molar-refractivity contribution in [1.29, 1.82) is 0 Å². The summed E-state index contributed by atoms with van der Waals surface area (Å²) in [6.07, 6.45) is 1.03. The third-order valence-electron chi connectivity index (χ3n) is 5.48. The second-order valence-electron chi connectivity index (χ2n) is 7.76. The van der Waals surface area contributed by atoms with Crippen LogP contribution in [0.3, 0.4) is 0 Å². The minimum absolute atomic E-state index is 0.0568. The highest BCUT2D eigenvalue weighted by Gasteiger charge is 2.14. The fourth-order valence-corrected chi connectivity index (χ4v) is 4.57. The summed E-state index contributed by atoms with van der Waals surface area (Å²) >= 11 is 7.44. The van der Waals surface area contributed by atoms with Gasteiger partial charge >= 0.3 is 0 Å². The van der Waals surface area contributed by atoms with Gasteiger partial charge in [-0.25, -0.2) is 0 Å². The number of aryl methyl sites for hydroxylation is 1. The van der Waals surface area contributed by atoms with Crippen molar-refractivity contribution in [2.24, 2.45) is 0 Å². The summed E-state index contributed by atoms with van der Waals surface area (Å²) in [5, 5.41) is 7.20. The Morgan fingerprint density at radius 2 is 1.97 bits per heavy atom. The van der Waals surface area contributed by atoms with Crippen molar-refractivity contribution >= 4 is 39.6 Å². The molecule has 2 heterocycles. The first-order valence-electron chi connectivity index (χ1n) is 10.9. The molecule has 0 aliphatic heterocycles. The summed E-state index contributed by atoms with van der Waals surface area (Å²) in [7, 11) is 0. The standard InChI is InChI=1S/C24H32N4OS2/c1-4-27(5-2)12-7-11-25-24(30)28(17-21-8-6-13-31-21)16-20-15-19-10-9-18(3)14-22(19)26-23(20)29/h6,8-10,13-15H,4-5,7,11-12,16-17H2,1-3H3,(H,25,30)(H,26,29). The van der Waals surface area contributed by atoms with Crippen LogP contribution in [0.15, 0.2) is 46.6 Å². The van der Waals surface area contributed by atoms with E-state index < -0.39 is 0 Å². The summed E-state index contributed by atoms with van der Waals surface area (Å²) in [5.41, 5.74) is 2.67. The van der Waals surface area contributed by atoms with Gasteiger partial charge in [0, 0.05) is 22.5 Å². The zero-order valence-corrected chi connectivity index (χ0v) is 20.2. The molecule has 0 aliphatic carbocycles. The number of rotatable bonds is 10. The summed E-state index contributed by atoms with van der Waals surface area (Å²) in [5.74, 6) is 0. The van der Waals surface area contributed by atoms with Crippen molar-refractivity contribution < 1.29 is 0 Å². The molecule has 5 nitrogen and oxygen atoms in total. The Kier molecular flexibility index (Phi) is 8.63. The molecule has 3 rings (SSSR count). The lowest BCUT2D eigenvalue weighted by Gasteiger charge is -2.26. The predicted molar refractivity (Wildman–Crippen MR) is 136 cm³/mol. The summed E-state index contributed by atoms with van der Waals surface area (Å²) in [4.78, 5) is 21.5. The number of thiocarbonyl (C=S) groups is 1. The molecule has 0 bridgehead atoms. The van der Waals surface area contributed by atoms with E-state index in [9.17, 15) is 4.79 Å². The van der Waals surface area contributed by atoms with E-state index in [-0.39, 0.29) is 5.56 Å². The maximum absolute atomic E-state index is 12.8. The lowest BCUT2D eigenvalue weighted by atomic mass is 10.1. The second-order valence-corrected chi connectivity index (χ2v) is 9.18. The molecule has 31 heavy (non-hydrogen) atoms. The number of aromatic amines is 1. The molecule has 3 aromatic rings. The second kappa shape index (κ2) is 11.4. The Balaban J connectivity index is 1.72. The minimum Gasteiger partial charge on any atom is -0.363 e. The monoisotopic (exact) mass is 456 g/mol. The van der Waals surface area contributed by atoms with Crippen LogP contribution in [0, 0.1) is 6.92 Å². The summed E-state index contributed by atoms with van der Waals surface area (Å²) in [6.45, 7) is 11.6. The molecule has 0 atom stereocenters. The Morgan fingerprint density at radius 3 is 2.68 bits per heavy atom. The summed E-state index contributed by atoms with van der Waals surface area (Å²) in [6, 6.07) is 12.3. The number of fused-ring (bicyclic) bond motifs is 1. The number of benzene rings is 1. The minimum atomic E-state index is -0.0568. The third kappa shape index (κ3) is 6.63. The van der Waals surface area contributed by atoms with Gasteiger partial charge < -0.3 is 20.1 Å². The molecule has 0 radical (unpaired) electrons. The molecular weight excluding hydrogens is 424 g/mol. The van der Waals surface area contributed by atoms with Gasteiger partial charge in [-0.1, -0.05) is 32.0 Å². The van der Waals surface area contributed by atoms with Gasteiger partial charge in [0.25, 0.3) is 5.56 Å². The number of nitrogens with one attached hydrogen (secondary N) is 2. The first kappa shape index (κ1) is 23.4. The molecule has 2 N–H and O–H groups in total. The van der Waals surface area contributed by atoms with Crippen molar-refractivity contribution in [2.45, 2.75) is 40.3 Å². The molecule has 0 unspecified atom stereocenters. The Morgan fingerprint density at radius 1 is 1.16 bits per heavy atom. The van der Waals surface area contributed by atoms with Crippen LogP contribution in [0.2, 0.25) is 0 Å². The van der Waals surface area contributed by atoms with E-state index in [0.717, 1.165) is 54.6 Å². The van der Waals surface area contributed by atoms with E-state index in [1.807, 2.05) is 25.1 Å². The number of nitrogens with zero attached hydrogens (tertiary/aromatic N) is 2. The van der Waals surface area contributed by atoms with Gasteiger partial charge in [0.15, 0.2) is 5.11 Å². The SMILES string of the molecule is CCN(CC)CCCNC(=S)N(Cc1cccs1)Cc1cc2ccc(C)cc2[nH]c1=O. The fraction of sp³-hybridized carbons (Fsp3) is 0.417. The lowest BCUT2D eigenvalue weighted by Crippen LogP contribution is -2.40. The molecule has 2 aromatic heterocycles. The zero-order chi connectivity index (χ0) is 22.2. The number of H-pyrrole nitrogens is 1. The quantitative estimate of drug-likeness (QED) is 0.347. The normalized spacial score (nSPS) is 11.2. The van der Waals surface area contributed by atoms with Crippen molar-refractivity contribution in [3.05, 3.63) is 68.1 Å². The maximum Gasteiger partial charge on any atom is 0.253 e. The van der Waals surface area contributed by atoms with Gasteiger partial charge in [0.05, 0.1) is 13.1 Å². The first-order valence-corrected chi connectivity index (χ1v) is 12.2. The number of hydrogen-bond donors (Lipinski definition) is 2. The van der Waals surface area contributed by atoms with Gasteiger partial charge in [-0.2, -0.15) is 0 Å².